The van der Waals surface area contributed by atoms with Gasteiger partial charge in [-0.05, 0) is 45.6 Å². The zero-order chi connectivity index (χ0) is 12.1. The maximum atomic E-state index is 4.22. The van der Waals surface area contributed by atoms with Crippen LogP contribution in [0, 0.1) is 5.92 Å². The maximum Gasteiger partial charge on any atom is 0.0951 e. The fraction of sp³-hybridized carbons (Fsp3) is 0.643. The first-order valence-electron chi connectivity index (χ1n) is 6.64. The van der Waals surface area contributed by atoms with Crippen molar-refractivity contribution < 1.29 is 0 Å². The molecule has 0 spiro atoms. The molecule has 0 bridgehead atoms. The minimum absolute atomic E-state index is 0.493. The van der Waals surface area contributed by atoms with Gasteiger partial charge in [-0.15, -0.1) is 0 Å². The van der Waals surface area contributed by atoms with Crippen LogP contribution in [0.25, 0.3) is 0 Å². The molecule has 1 aliphatic carbocycles. The van der Waals surface area contributed by atoms with Crippen LogP contribution in [0.15, 0.2) is 24.7 Å². The predicted molar refractivity (Wildman–Crippen MR) is 70.8 cm³/mol. The van der Waals surface area contributed by atoms with E-state index < -0.39 is 0 Å². The van der Waals surface area contributed by atoms with Gasteiger partial charge in [0, 0.05) is 18.8 Å². The third-order valence-electron chi connectivity index (χ3n) is 3.42. The Morgan fingerprint density at radius 2 is 2.35 bits per heavy atom. The fourth-order valence-electron chi connectivity index (χ4n) is 2.38. The molecule has 0 saturated carbocycles. The van der Waals surface area contributed by atoms with Gasteiger partial charge in [0.1, 0.15) is 0 Å². The summed E-state index contributed by atoms with van der Waals surface area (Å²) in [5.41, 5.74) is 1.28. The summed E-state index contributed by atoms with van der Waals surface area (Å²) in [5, 5.41) is 3.56. The van der Waals surface area contributed by atoms with Crippen molar-refractivity contribution in [1.82, 2.24) is 14.9 Å². The minimum Gasteiger partial charge on any atom is -0.331 e. The molecule has 1 aliphatic rings. The van der Waals surface area contributed by atoms with Gasteiger partial charge < -0.3 is 9.88 Å². The van der Waals surface area contributed by atoms with Crippen molar-refractivity contribution in [1.29, 1.82) is 0 Å². The van der Waals surface area contributed by atoms with Crippen LogP contribution in [0.4, 0.5) is 0 Å². The average Bonchev–Trinajstić information content (AvgIpc) is 2.79. The lowest BCUT2D eigenvalue weighted by atomic mass is 9.94. The molecule has 94 valence electrons. The Labute approximate surface area is 104 Å². The van der Waals surface area contributed by atoms with E-state index in [1.165, 1.54) is 25.0 Å². The monoisotopic (exact) mass is 233 g/mol. The first-order valence-corrected chi connectivity index (χ1v) is 6.64. The van der Waals surface area contributed by atoms with Crippen molar-refractivity contribution in [3.8, 4) is 0 Å². The maximum absolute atomic E-state index is 4.22. The van der Waals surface area contributed by atoms with Gasteiger partial charge in [0.05, 0.1) is 12.0 Å². The van der Waals surface area contributed by atoms with Gasteiger partial charge in [-0.3, -0.25) is 0 Å². The van der Waals surface area contributed by atoms with Crippen LogP contribution in [0.5, 0.6) is 0 Å². The van der Waals surface area contributed by atoms with Crippen LogP contribution in [0.1, 0.15) is 44.8 Å². The normalized spacial score (nSPS) is 20.1. The number of hydrogen-bond donors (Lipinski definition) is 1. The number of aromatic nitrogens is 2. The van der Waals surface area contributed by atoms with Crippen molar-refractivity contribution in [2.45, 2.75) is 45.7 Å². The van der Waals surface area contributed by atoms with E-state index in [2.05, 4.69) is 40.9 Å². The Bertz CT molecular complexity index is 365. The topological polar surface area (TPSA) is 29.9 Å². The van der Waals surface area contributed by atoms with Gasteiger partial charge >= 0.3 is 0 Å². The Kier molecular flexibility index (Phi) is 4.37. The lowest BCUT2D eigenvalue weighted by molar-refractivity contribution is 0.433. The van der Waals surface area contributed by atoms with E-state index in [1.807, 2.05) is 12.5 Å². The number of imidazole rings is 1. The number of allylic oxidation sites excluding steroid dienone is 2. The summed E-state index contributed by atoms with van der Waals surface area (Å²) in [6.45, 7) is 6.43. The van der Waals surface area contributed by atoms with E-state index in [0.717, 1.165) is 19.0 Å². The summed E-state index contributed by atoms with van der Waals surface area (Å²) in [6.07, 6.45) is 12.3. The molecular weight excluding hydrogens is 210 g/mol. The Balaban J connectivity index is 1.77. The first-order chi connectivity index (χ1) is 8.27. The fourth-order valence-corrected chi connectivity index (χ4v) is 2.38. The highest BCUT2D eigenvalue weighted by Crippen LogP contribution is 2.17. The van der Waals surface area contributed by atoms with Crippen molar-refractivity contribution in [2.24, 2.45) is 5.92 Å². The summed E-state index contributed by atoms with van der Waals surface area (Å²) in [6, 6.07) is 0.493. The predicted octanol–water partition coefficient (Wildman–Crippen LogP) is 2.91. The summed E-state index contributed by atoms with van der Waals surface area (Å²) in [5.74, 6) is 0.815. The highest BCUT2D eigenvalue weighted by molar-refractivity contribution is 4.99. The van der Waals surface area contributed by atoms with Gasteiger partial charge in [-0.2, -0.15) is 0 Å². The van der Waals surface area contributed by atoms with Crippen LogP contribution in [0.2, 0.25) is 0 Å². The molecule has 1 atom stereocenters. The second-order valence-corrected chi connectivity index (χ2v) is 5.17. The zero-order valence-corrected chi connectivity index (χ0v) is 10.9. The van der Waals surface area contributed by atoms with E-state index in [9.17, 15) is 0 Å². The summed E-state index contributed by atoms with van der Waals surface area (Å²) >= 11 is 0. The molecule has 0 saturated heterocycles. The average molecular weight is 233 g/mol. The Morgan fingerprint density at radius 1 is 1.47 bits per heavy atom. The molecule has 0 amide bonds. The molecule has 0 radical (unpaired) electrons. The molecule has 1 heterocycles. The highest BCUT2D eigenvalue weighted by atomic mass is 15.1. The van der Waals surface area contributed by atoms with E-state index in [0.29, 0.717) is 6.04 Å². The van der Waals surface area contributed by atoms with Crippen LogP contribution < -0.4 is 5.32 Å². The lowest BCUT2D eigenvalue weighted by Crippen LogP contribution is -2.24. The molecular formula is C14H23N3. The van der Waals surface area contributed by atoms with E-state index in [1.54, 1.807) is 0 Å². The minimum atomic E-state index is 0.493. The molecule has 1 aromatic rings. The number of hydrogen-bond acceptors (Lipinski definition) is 2. The highest BCUT2D eigenvalue weighted by Gasteiger charge is 2.10. The molecule has 1 aromatic heterocycles. The smallest absolute Gasteiger partial charge is 0.0951 e. The van der Waals surface area contributed by atoms with Gasteiger partial charge in [0.15, 0.2) is 0 Å². The number of nitrogens with one attached hydrogen (secondary N) is 1. The van der Waals surface area contributed by atoms with Crippen molar-refractivity contribution in [3.63, 3.8) is 0 Å². The molecule has 0 aromatic carbocycles. The second-order valence-electron chi connectivity index (χ2n) is 5.17. The molecule has 1 unspecified atom stereocenters. The van der Waals surface area contributed by atoms with Gasteiger partial charge in [-0.25, -0.2) is 4.98 Å². The van der Waals surface area contributed by atoms with Crippen molar-refractivity contribution in [3.05, 3.63) is 30.4 Å². The van der Waals surface area contributed by atoms with Crippen molar-refractivity contribution in [2.75, 3.05) is 6.54 Å². The third kappa shape index (κ3) is 3.43. The van der Waals surface area contributed by atoms with Gasteiger partial charge in [0.25, 0.3) is 0 Å². The molecule has 3 heteroatoms. The van der Waals surface area contributed by atoms with E-state index >= 15 is 0 Å². The number of nitrogens with zero attached hydrogens (tertiary/aromatic N) is 2. The molecule has 0 aliphatic heterocycles. The summed E-state index contributed by atoms with van der Waals surface area (Å²) in [7, 11) is 0. The van der Waals surface area contributed by atoms with Crippen molar-refractivity contribution >= 4 is 0 Å². The molecule has 0 fully saturated rings. The Morgan fingerprint density at radius 3 is 3.06 bits per heavy atom. The zero-order valence-electron chi connectivity index (χ0n) is 10.9. The summed E-state index contributed by atoms with van der Waals surface area (Å²) < 4.78 is 2.23. The SMILES string of the molecule is CC(C)n1cncc1CNCC1CC=CCC1. The van der Waals surface area contributed by atoms with Gasteiger partial charge in [0.2, 0.25) is 0 Å². The third-order valence-corrected chi connectivity index (χ3v) is 3.42. The quantitative estimate of drug-likeness (QED) is 0.792. The second kappa shape index (κ2) is 6.01. The summed E-state index contributed by atoms with van der Waals surface area (Å²) in [4.78, 5) is 4.22. The van der Waals surface area contributed by atoms with E-state index in [4.69, 9.17) is 0 Å². The Hall–Kier alpha value is -1.09. The lowest BCUT2D eigenvalue weighted by Gasteiger charge is -2.19. The van der Waals surface area contributed by atoms with Crippen LogP contribution in [0.3, 0.4) is 0 Å². The van der Waals surface area contributed by atoms with E-state index in [-0.39, 0.29) is 0 Å². The number of rotatable bonds is 5. The molecule has 17 heavy (non-hydrogen) atoms. The largest absolute Gasteiger partial charge is 0.331 e. The van der Waals surface area contributed by atoms with Gasteiger partial charge in [-0.1, -0.05) is 12.2 Å². The van der Waals surface area contributed by atoms with Crippen LogP contribution in [-0.4, -0.2) is 16.1 Å². The molecule has 2 rings (SSSR count). The standard InChI is InChI=1S/C14H23N3/c1-12(2)17-11-16-10-14(17)9-15-8-13-6-4-3-5-7-13/h3-4,10-13,15H,5-9H2,1-2H3. The molecule has 3 nitrogen and oxygen atoms in total. The van der Waals surface area contributed by atoms with Crippen LogP contribution >= 0.6 is 0 Å². The molecule has 1 N–H and O–H groups in total. The first kappa shape index (κ1) is 12.4. The van der Waals surface area contributed by atoms with Crippen LogP contribution in [-0.2, 0) is 6.54 Å².